The Kier molecular flexibility index (Phi) is 7.76. The van der Waals surface area contributed by atoms with Crippen LogP contribution in [-0.2, 0) is 12.0 Å². The summed E-state index contributed by atoms with van der Waals surface area (Å²) in [4.78, 5) is 4.35. The molecule has 1 aliphatic carbocycles. The zero-order chi connectivity index (χ0) is 17.7. The fourth-order valence-electron chi connectivity index (χ4n) is 3.07. The van der Waals surface area contributed by atoms with E-state index in [9.17, 15) is 0 Å². The van der Waals surface area contributed by atoms with Gasteiger partial charge in [0.05, 0.1) is 0 Å². The number of halogens is 2. The number of aliphatic imine (C=N–C) groups is 1. The van der Waals surface area contributed by atoms with Gasteiger partial charge in [0, 0.05) is 49.5 Å². The van der Waals surface area contributed by atoms with Crippen molar-refractivity contribution in [1.29, 1.82) is 0 Å². The molecule has 7 heteroatoms. The quantitative estimate of drug-likeness (QED) is 0.356. The summed E-state index contributed by atoms with van der Waals surface area (Å²) in [6, 6.07) is 10.2. The first kappa shape index (κ1) is 21.0. The van der Waals surface area contributed by atoms with Crippen molar-refractivity contribution in [3.05, 3.63) is 53.3 Å². The van der Waals surface area contributed by atoms with Gasteiger partial charge in [-0.05, 0) is 42.5 Å². The zero-order valence-corrected chi connectivity index (χ0v) is 18.4. The third-order valence-corrected chi connectivity index (χ3v) is 5.02. The van der Waals surface area contributed by atoms with Crippen LogP contribution in [0.4, 0.5) is 0 Å². The van der Waals surface area contributed by atoms with Crippen molar-refractivity contribution in [3.8, 4) is 0 Å². The molecular formula is C19H27ClIN5. The Morgan fingerprint density at radius 3 is 2.77 bits per heavy atom. The first-order chi connectivity index (χ1) is 12.1. The number of rotatable bonds is 7. The van der Waals surface area contributed by atoms with Gasteiger partial charge in [-0.2, -0.15) is 5.10 Å². The molecule has 0 radical (unpaired) electrons. The average Bonchev–Trinajstić information content (AvgIpc) is 3.23. The Morgan fingerprint density at radius 1 is 1.35 bits per heavy atom. The van der Waals surface area contributed by atoms with E-state index in [4.69, 9.17) is 11.6 Å². The van der Waals surface area contributed by atoms with Crippen molar-refractivity contribution >= 4 is 41.5 Å². The molecule has 0 aliphatic heterocycles. The number of nitrogens with zero attached hydrogens (tertiary/aromatic N) is 3. The molecule has 1 aliphatic rings. The molecule has 1 fully saturated rings. The van der Waals surface area contributed by atoms with Crippen molar-refractivity contribution in [1.82, 2.24) is 20.4 Å². The minimum absolute atomic E-state index is 0. The molecule has 1 aromatic heterocycles. The van der Waals surface area contributed by atoms with Crippen molar-refractivity contribution < 1.29 is 0 Å². The summed E-state index contributed by atoms with van der Waals surface area (Å²) in [6.07, 6.45) is 6.18. The van der Waals surface area contributed by atoms with E-state index >= 15 is 0 Å². The Morgan fingerprint density at radius 2 is 2.15 bits per heavy atom. The summed E-state index contributed by atoms with van der Waals surface area (Å²) < 4.78 is 1.96. The third kappa shape index (κ3) is 5.61. The maximum Gasteiger partial charge on any atom is 0.191 e. The lowest BCUT2D eigenvalue weighted by atomic mass is 9.96. The maximum atomic E-state index is 6.15. The van der Waals surface area contributed by atoms with E-state index in [1.54, 1.807) is 0 Å². The number of aromatic nitrogens is 2. The first-order valence-corrected chi connectivity index (χ1v) is 9.17. The first-order valence-electron chi connectivity index (χ1n) is 8.79. The second-order valence-electron chi connectivity index (χ2n) is 6.93. The highest BCUT2D eigenvalue weighted by Crippen LogP contribution is 2.48. The normalized spacial score (nSPS) is 16.5. The predicted octanol–water partition coefficient (Wildman–Crippen LogP) is 3.69. The SMILES string of the molecule is CN=C(NCC(C)Cn1cccn1)NCC1(c2cccc(Cl)c2)CC1.I. The lowest BCUT2D eigenvalue weighted by molar-refractivity contribution is 0.443. The molecule has 5 nitrogen and oxygen atoms in total. The fraction of sp³-hybridized carbons (Fsp3) is 0.474. The summed E-state index contributed by atoms with van der Waals surface area (Å²) in [6.45, 7) is 4.82. The number of nitrogens with one attached hydrogen (secondary N) is 2. The van der Waals surface area contributed by atoms with E-state index in [1.807, 2.05) is 42.3 Å². The number of benzene rings is 1. The molecule has 26 heavy (non-hydrogen) atoms. The minimum atomic E-state index is 0. The van der Waals surface area contributed by atoms with E-state index in [0.717, 1.165) is 30.6 Å². The molecule has 1 saturated carbocycles. The van der Waals surface area contributed by atoms with E-state index in [2.05, 4.69) is 39.8 Å². The topological polar surface area (TPSA) is 54.2 Å². The molecular weight excluding hydrogens is 461 g/mol. The second-order valence-corrected chi connectivity index (χ2v) is 7.37. The summed E-state index contributed by atoms with van der Waals surface area (Å²) in [5.41, 5.74) is 1.51. The molecule has 1 atom stereocenters. The van der Waals surface area contributed by atoms with Gasteiger partial charge in [-0.1, -0.05) is 30.7 Å². The summed E-state index contributed by atoms with van der Waals surface area (Å²) in [5, 5.41) is 12.0. The van der Waals surface area contributed by atoms with Crippen molar-refractivity contribution in [2.24, 2.45) is 10.9 Å². The van der Waals surface area contributed by atoms with Gasteiger partial charge in [0.1, 0.15) is 0 Å². The van der Waals surface area contributed by atoms with Gasteiger partial charge in [0.15, 0.2) is 5.96 Å². The molecule has 0 bridgehead atoms. The molecule has 0 amide bonds. The Balaban J connectivity index is 0.00000243. The highest BCUT2D eigenvalue weighted by Gasteiger charge is 2.44. The Hall–Kier alpha value is -1.28. The maximum absolute atomic E-state index is 6.15. The predicted molar refractivity (Wildman–Crippen MR) is 119 cm³/mol. The smallest absolute Gasteiger partial charge is 0.191 e. The van der Waals surface area contributed by atoms with Crippen LogP contribution in [-0.4, -0.2) is 35.9 Å². The van der Waals surface area contributed by atoms with Crippen LogP contribution in [0.3, 0.4) is 0 Å². The zero-order valence-electron chi connectivity index (χ0n) is 15.3. The standard InChI is InChI=1S/C19H26ClN5.HI/c1-15(13-25-10-4-9-24-25)12-22-18(21-2)23-14-19(7-8-19)16-5-3-6-17(20)11-16;/h3-6,9-11,15H,7-8,12-14H2,1-2H3,(H2,21,22,23);1H. The lowest BCUT2D eigenvalue weighted by Gasteiger charge is -2.20. The van der Waals surface area contributed by atoms with Crippen LogP contribution >= 0.6 is 35.6 Å². The molecule has 0 saturated heterocycles. The van der Waals surface area contributed by atoms with Crippen molar-refractivity contribution in [2.45, 2.75) is 31.7 Å². The molecule has 1 aromatic carbocycles. The minimum Gasteiger partial charge on any atom is -0.356 e. The number of guanidine groups is 1. The highest BCUT2D eigenvalue weighted by molar-refractivity contribution is 14.0. The van der Waals surface area contributed by atoms with Gasteiger partial charge in [0.2, 0.25) is 0 Å². The molecule has 1 heterocycles. The van der Waals surface area contributed by atoms with Crippen molar-refractivity contribution in [2.75, 3.05) is 20.1 Å². The van der Waals surface area contributed by atoms with Gasteiger partial charge < -0.3 is 10.6 Å². The molecule has 0 spiro atoms. The summed E-state index contributed by atoms with van der Waals surface area (Å²) in [5.74, 6) is 1.31. The van der Waals surface area contributed by atoms with Gasteiger partial charge in [-0.3, -0.25) is 9.67 Å². The summed E-state index contributed by atoms with van der Waals surface area (Å²) >= 11 is 6.15. The van der Waals surface area contributed by atoms with E-state index in [1.165, 1.54) is 18.4 Å². The van der Waals surface area contributed by atoms with Crippen LogP contribution in [0, 0.1) is 5.92 Å². The molecule has 2 N–H and O–H groups in total. The highest BCUT2D eigenvalue weighted by atomic mass is 127. The molecule has 142 valence electrons. The largest absolute Gasteiger partial charge is 0.356 e. The van der Waals surface area contributed by atoms with Gasteiger partial charge in [0.25, 0.3) is 0 Å². The Bertz CT molecular complexity index is 712. The number of hydrogen-bond donors (Lipinski definition) is 2. The molecule has 3 rings (SSSR count). The van der Waals surface area contributed by atoms with Gasteiger partial charge in [-0.15, -0.1) is 24.0 Å². The van der Waals surface area contributed by atoms with Crippen LogP contribution in [0.1, 0.15) is 25.3 Å². The van der Waals surface area contributed by atoms with Crippen LogP contribution in [0.5, 0.6) is 0 Å². The average molecular weight is 488 g/mol. The molecule has 1 unspecified atom stereocenters. The lowest BCUT2D eigenvalue weighted by Crippen LogP contribution is -2.43. The fourth-order valence-corrected chi connectivity index (χ4v) is 3.26. The monoisotopic (exact) mass is 487 g/mol. The van der Waals surface area contributed by atoms with Gasteiger partial charge in [-0.25, -0.2) is 0 Å². The van der Waals surface area contributed by atoms with Crippen molar-refractivity contribution in [3.63, 3.8) is 0 Å². The van der Waals surface area contributed by atoms with Gasteiger partial charge >= 0.3 is 0 Å². The van der Waals surface area contributed by atoms with Crippen LogP contribution in [0.15, 0.2) is 47.7 Å². The second kappa shape index (κ2) is 9.60. The van der Waals surface area contributed by atoms with Crippen LogP contribution in [0.2, 0.25) is 5.02 Å². The Labute approximate surface area is 177 Å². The third-order valence-electron chi connectivity index (χ3n) is 4.78. The van der Waals surface area contributed by atoms with E-state index in [-0.39, 0.29) is 29.4 Å². The number of hydrogen-bond acceptors (Lipinski definition) is 2. The van der Waals surface area contributed by atoms with Crippen LogP contribution in [0.25, 0.3) is 0 Å². The van der Waals surface area contributed by atoms with E-state index in [0.29, 0.717) is 5.92 Å². The van der Waals surface area contributed by atoms with E-state index < -0.39 is 0 Å². The summed E-state index contributed by atoms with van der Waals surface area (Å²) in [7, 11) is 1.81. The molecule has 2 aromatic rings. The van der Waals surface area contributed by atoms with Crippen LogP contribution < -0.4 is 10.6 Å².